The second-order valence-corrected chi connectivity index (χ2v) is 22.1. The van der Waals surface area contributed by atoms with Gasteiger partial charge in [-0.2, -0.15) is 0 Å². The summed E-state index contributed by atoms with van der Waals surface area (Å²) < 4.78 is 91.7. The lowest BCUT2D eigenvalue weighted by Gasteiger charge is -2.50. The van der Waals surface area contributed by atoms with Gasteiger partial charge in [-0.1, -0.05) is 85.5 Å². The van der Waals surface area contributed by atoms with Crippen molar-refractivity contribution < 1.29 is 113 Å². The lowest BCUT2D eigenvalue weighted by molar-refractivity contribution is -0.312. The molecular weight excluding hydrogens is 1020 g/mol. The van der Waals surface area contributed by atoms with Gasteiger partial charge in [0.1, 0.15) is 56.4 Å². The van der Waals surface area contributed by atoms with Crippen molar-refractivity contribution >= 4 is 62.5 Å². The first-order chi connectivity index (χ1) is 35.8. The molecule has 3 saturated heterocycles. The topological polar surface area (TPSA) is 292 Å². The van der Waals surface area contributed by atoms with Crippen molar-refractivity contribution in [3.63, 3.8) is 0 Å². The van der Waals surface area contributed by atoms with E-state index in [4.69, 9.17) is 70.1 Å². The number of hydrogen-bond donors (Lipinski definition) is 0. The maximum absolute atomic E-state index is 12.8. The van der Waals surface area contributed by atoms with Crippen molar-refractivity contribution in [3.8, 4) is 0 Å². The predicted molar refractivity (Wildman–Crippen MR) is 262 cm³/mol. The van der Waals surface area contributed by atoms with Gasteiger partial charge >= 0.3 is 62.5 Å². The fraction of sp³-hybridized carbons (Fsp3) is 0.824. The molecule has 0 N–H and O–H groups in total. The molecular formula is C51H82O24Si. The van der Waals surface area contributed by atoms with Crippen molar-refractivity contribution in [2.75, 3.05) is 19.8 Å². The molecule has 0 aromatic rings. The fourth-order valence-corrected chi connectivity index (χ4v) is 12.3. The van der Waals surface area contributed by atoms with Gasteiger partial charge in [-0.25, -0.2) is 0 Å². The summed E-state index contributed by atoms with van der Waals surface area (Å²) >= 11 is 0. The third kappa shape index (κ3) is 21.6. The number of carbonyl (C=O) groups is 9. The van der Waals surface area contributed by atoms with Crippen LogP contribution in [0.25, 0.3) is 0 Å². The van der Waals surface area contributed by atoms with Gasteiger partial charge in [0.2, 0.25) is 0 Å². The first-order valence-corrected chi connectivity index (χ1v) is 28.1. The number of esters is 9. The summed E-state index contributed by atoms with van der Waals surface area (Å²) in [5.41, 5.74) is 0. The van der Waals surface area contributed by atoms with Crippen LogP contribution < -0.4 is 0 Å². The Morgan fingerprint density at radius 3 is 0.816 bits per heavy atom. The van der Waals surface area contributed by atoms with Crippen LogP contribution in [0, 0.1) is 17.8 Å². The molecule has 15 unspecified atom stereocenters. The van der Waals surface area contributed by atoms with Crippen molar-refractivity contribution in [2.45, 2.75) is 234 Å². The molecule has 0 aromatic heterocycles. The minimum Gasteiger partial charge on any atom is -0.463 e. The summed E-state index contributed by atoms with van der Waals surface area (Å²) in [6, 6.07) is -0.0735. The average Bonchev–Trinajstić information content (AvgIpc) is 3.31. The van der Waals surface area contributed by atoms with E-state index in [1.807, 2.05) is 0 Å². The standard InChI is InChI=1S/C51H82O24Si/c1-14-15-16-17-18-19-20-21-22-23-24-76(73-49-28(2)43(64-34(8)55)46(67-37(11)58)40(70-49)25-61-31(5)52,74-50-29(3)44(65-35(9)56)47(68-38(12)59)41(71-50)26-62-32(6)53)75-51-30(4)45(66-36(10)57)48(69-39(13)60)42(72-51)27-63-33(7)54/h28-30,40-51H,14-27H2,1-13H3. The molecule has 3 aliphatic rings. The summed E-state index contributed by atoms with van der Waals surface area (Å²) in [6.07, 6.45) is -7.36. The van der Waals surface area contributed by atoms with E-state index in [9.17, 15) is 43.2 Å². The van der Waals surface area contributed by atoms with Gasteiger partial charge in [-0.05, 0) is 6.42 Å². The number of carbonyl (C=O) groups excluding carboxylic acids is 9. The normalized spacial score (nSPS) is 30.0. The zero-order valence-corrected chi connectivity index (χ0v) is 47.4. The third-order valence-electron chi connectivity index (χ3n) is 12.7. The minimum atomic E-state index is -4.81. The lowest BCUT2D eigenvalue weighted by Crippen LogP contribution is -2.66. The smallest absolute Gasteiger partial charge is 0.463 e. The molecule has 3 fully saturated rings. The summed E-state index contributed by atoms with van der Waals surface area (Å²) in [7, 11) is -4.81. The van der Waals surface area contributed by atoms with Gasteiger partial charge in [-0.15, -0.1) is 0 Å². The first kappa shape index (κ1) is 65.5. The monoisotopic (exact) mass is 1110 g/mol. The quantitative estimate of drug-likeness (QED) is 0.0399. The molecule has 25 heteroatoms. The van der Waals surface area contributed by atoms with E-state index in [1.165, 1.54) is 0 Å². The first-order valence-electron chi connectivity index (χ1n) is 26.2. The van der Waals surface area contributed by atoms with Crippen LogP contribution in [-0.2, 0) is 113 Å². The van der Waals surface area contributed by atoms with Gasteiger partial charge in [-0.3, -0.25) is 43.2 Å². The third-order valence-corrected chi connectivity index (χ3v) is 15.5. The van der Waals surface area contributed by atoms with Crippen LogP contribution in [0.15, 0.2) is 0 Å². The maximum Gasteiger partial charge on any atom is 0.506 e. The molecule has 0 radical (unpaired) electrons. The van der Waals surface area contributed by atoms with Crippen molar-refractivity contribution in [1.82, 2.24) is 0 Å². The van der Waals surface area contributed by atoms with Gasteiger partial charge < -0.3 is 70.1 Å². The van der Waals surface area contributed by atoms with Crippen LogP contribution in [0.5, 0.6) is 0 Å². The number of rotatable bonds is 29. The molecule has 0 amide bonds. The Morgan fingerprint density at radius 2 is 0.579 bits per heavy atom. The average molecular weight is 1110 g/mol. The molecule has 3 rings (SSSR count). The zero-order valence-electron chi connectivity index (χ0n) is 46.4. The number of ether oxygens (including phenoxy) is 12. The molecule has 0 bridgehead atoms. The molecule has 3 heterocycles. The van der Waals surface area contributed by atoms with Crippen molar-refractivity contribution in [3.05, 3.63) is 0 Å². The maximum atomic E-state index is 12.8. The SMILES string of the molecule is CCCCCCCCCCCC[Si](OC1OC(COC(C)=O)C(OC(C)=O)C(OC(C)=O)C1C)(OC1OC(COC(C)=O)C(OC(C)=O)C(OC(C)=O)C1C)OC1OC(COC(C)=O)C(OC(C)=O)C(OC(C)=O)C1C. The second kappa shape index (κ2) is 32.2. The fourth-order valence-electron chi connectivity index (χ4n) is 9.25. The molecule has 76 heavy (non-hydrogen) atoms. The van der Waals surface area contributed by atoms with E-state index in [0.29, 0.717) is 12.8 Å². The van der Waals surface area contributed by atoms with Gasteiger partial charge in [0.15, 0.2) is 37.2 Å². The van der Waals surface area contributed by atoms with Crippen molar-refractivity contribution in [2.24, 2.45) is 17.8 Å². The summed E-state index contributed by atoms with van der Waals surface area (Å²) in [6.45, 7) is 15.7. The Kier molecular flexibility index (Phi) is 27.7. The Morgan fingerprint density at radius 1 is 0.342 bits per heavy atom. The van der Waals surface area contributed by atoms with Gasteiger partial charge in [0.25, 0.3) is 0 Å². The van der Waals surface area contributed by atoms with E-state index >= 15 is 0 Å². The van der Waals surface area contributed by atoms with Crippen LogP contribution in [0.4, 0.5) is 0 Å². The molecule has 0 saturated carbocycles. The van der Waals surface area contributed by atoms with Crippen LogP contribution >= 0.6 is 0 Å². The Hall–Kier alpha value is -4.79. The Labute approximate surface area is 446 Å². The lowest BCUT2D eigenvalue weighted by atomic mass is 9.92. The largest absolute Gasteiger partial charge is 0.506 e. The molecule has 434 valence electrons. The van der Waals surface area contributed by atoms with Gasteiger partial charge in [0.05, 0.1) is 0 Å². The summed E-state index contributed by atoms with van der Waals surface area (Å²) in [5, 5.41) is 0. The van der Waals surface area contributed by atoms with E-state index in [0.717, 1.165) is 114 Å². The highest BCUT2D eigenvalue weighted by Gasteiger charge is 2.60. The highest BCUT2D eigenvalue weighted by Crippen LogP contribution is 2.42. The van der Waals surface area contributed by atoms with E-state index in [2.05, 4.69) is 6.92 Å². The Balaban J connectivity index is 2.38. The zero-order chi connectivity index (χ0) is 56.9. The summed E-state index contributed by atoms with van der Waals surface area (Å²) in [4.78, 5) is 113. The van der Waals surface area contributed by atoms with Crippen LogP contribution in [0.3, 0.4) is 0 Å². The van der Waals surface area contributed by atoms with Crippen LogP contribution in [0.1, 0.15) is 154 Å². The van der Waals surface area contributed by atoms with E-state index in [1.54, 1.807) is 20.8 Å². The molecule has 0 aromatic carbocycles. The molecule has 15 atom stereocenters. The van der Waals surface area contributed by atoms with Crippen LogP contribution in [0.2, 0.25) is 6.04 Å². The molecule has 3 aliphatic heterocycles. The highest BCUT2D eigenvalue weighted by molar-refractivity contribution is 6.60. The molecule has 0 spiro atoms. The Bertz CT molecular complexity index is 1740. The van der Waals surface area contributed by atoms with E-state index < -0.39 is 174 Å². The van der Waals surface area contributed by atoms with E-state index in [-0.39, 0.29) is 6.04 Å². The van der Waals surface area contributed by atoms with Gasteiger partial charge in [0, 0.05) is 86.1 Å². The highest BCUT2D eigenvalue weighted by atomic mass is 28.4. The second-order valence-electron chi connectivity index (χ2n) is 19.5. The van der Waals surface area contributed by atoms with Crippen LogP contribution in [-0.4, -0.2) is 156 Å². The molecule has 0 aliphatic carbocycles. The molecule has 24 nitrogen and oxygen atoms in total. The minimum absolute atomic E-state index is 0.0735. The number of unbranched alkanes of at least 4 members (excludes halogenated alkanes) is 9. The summed E-state index contributed by atoms with van der Waals surface area (Å²) in [5.74, 6) is -9.92. The van der Waals surface area contributed by atoms with Crippen molar-refractivity contribution in [1.29, 1.82) is 0 Å². The number of hydrogen-bond acceptors (Lipinski definition) is 24. The predicted octanol–water partition coefficient (Wildman–Crippen LogP) is 5.26.